The molecule has 178 valence electrons. The fourth-order valence-corrected chi connectivity index (χ4v) is 4.70. The van der Waals surface area contributed by atoms with Gasteiger partial charge in [0.25, 0.3) is 5.56 Å². The molecule has 0 atom stereocenters. The number of aromatic amines is 1. The smallest absolute Gasteiger partial charge is 0.275 e. The molecule has 2 heterocycles. The number of rotatable bonds is 7. The Labute approximate surface area is 208 Å². The normalized spacial score (nSPS) is 11.5. The van der Waals surface area contributed by atoms with E-state index in [2.05, 4.69) is 15.6 Å². The molecule has 3 N–H and O–H groups in total. The second-order valence-electron chi connectivity index (χ2n) is 8.96. The Kier molecular flexibility index (Phi) is 5.71. The van der Waals surface area contributed by atoms with Crippen LogP contribution >= 0.6 is 0 Å². The van der Waals surface area contributed by atoms with E-state index in [1.54, 1.807) is 0 Å². The predicted octanol–water partition coefficient (Wildman–Crippen LogP) is 5.63. The Morgan fingerprint density at radius 3 is 2.50 bits per heavy atom. The number of nitrogens with zero attached hydrogens (tertiary/aromatic N) is 2. The molecule has 0 aliphatic heterocycles. The first-order valence-electron chi connectivity index (χ1n) is 12.1. The van der Waals surface area contributed by atoms with Gasteiger partial charge in [-0.15, -0.1) is 0 Å². The van der Waals surface area contributed by atoms with Crippen molar-refractivity contribution in [3.05, 3.63) is 107 Å². The molecule has 6 nitrogen and oxygen atoms in total. The lowest BCUT2D eigenvalue weighted by atomic mass is 10.1. The zero-order chi connectivity index (χ0) is 24.5. The third-order valence-corrected chi connectivity index (χ3v) is 6.52. The Morgan fingerprint density at radius 1 is 0.917 bits per heavy atom. The maximum atomic E-state index is 13.3. The summed E-state index contributed by atoms with van der Waals surface area (Å²) in [6.45, 7) is 1.82. The summed E-state index contributed by atoms with van der Waals surface area (Å²) in [6, 6.07) is 28.1. The molecule has 2 aromatic heterocycles. The van der Waals surface area contributed by atoms with E-state index in [1.165, 1.54) is 0 Å². The largest absolute Gasteiger partial charge is 0.489 e. The fourth-order valence-electron chi connectivity index (χ4n) is 4.70. The fraction of sp³-hybridized carbons (Fsp3) is 0.133. The minimum Gasteiger partial charge on any atom is -0.489 e. The molecule has 0 saturated carbocycles. The first kappa shape index (κ1) is 22.1. The number of ether oxygens (including phenoxy) is 1. The summed E-state index contributed by atoms with van der Waals surface area (Å²) in [6.07, 6.45) is 2.84. The van der Waals surface area contributed by atoms with E-state index in [9.17, 15) is 4.79 Å². The van der Waals surface area contributed by atoms with Gasteiger partial charge in [-0.25, -0.2) is 4.98 Å². The van der Waals surface area contributed by atoms with Gasteiger partial charge in [-0.1, -0.05) is 54.6 Å². The predicted molar refractivity (Wildman–Crippen MR) is 145 cm³/mol. The van der Waals surface area contributed by atoms with Crippen LogP contribution in [0.1, 0.15) is 12.0 Å². The molecular formula is C30H26N4O2. The molecule has 0 bridgehead atoms. The second kappa shape index (κ2) is 9.32. The summed E-state index contributed by atoms with van der Waals surface area (Å²) >= 11 is 0. The zero-order valence-electron chi connectivity index (χ0n) is 19.8. The molecule has 6 rings (SSSR count). The molecule has 0 fully saturated rings. The molecule has 0 aliphatic carbocycles. The van der Waals surface area contributed by atoms with Gasteiger partial charge in [-0.05, 0) is 59.6 Å². The molecule has 6 aromatic rings. The average molecular weight is 475 g/mol. The lowest BCUT2D eigenvalue weighted by Gasteiger charge is -2.08. The first-order chi connectivity index (χ1) is 17.7. The lowest BCUT2D eigenvalue weighted by molar-refractivity contribution is 0.306. The van der Waals surface area contributed by atoms with Crippen LogP contribution in [0.5, 0.6) is 5.75 Å². The molecule has 0 amide bonds. The Morgan fingerprint density at radius 2 is 1.69 bits per heavy atom. The molecule has 4 aromatic carbocycles. The highest BCUT2D eigenvalue weighted by molar-refractivity contribution is 5.98. The van der Waals surface area contributed by atoms with Crippen molar-refractivity contribution in [2.75, 3.05) is 6.54 Å². The number of nitrogens with two attached hydrogens (primary N) is 1. The Balaban J connectivity index is 1.47. The maximum absolute atomic E-state index is 13.3. The van der Waals surface area contributed by atoms with E-state index in [-0.39, 0.29) is 5.56 Å². The molecular weight excluding hydrogens is 448 g/mol. The van der Waals surface area contributed by atoms with E-state index in [4.69, 9.17) is 15.5 Å². The van der Waals surface area contributed by atoms with Gasteiger partial charge in [0.15, 0.2) is 0 Å². The van der Waals surface area contributed by atoms with Crippen molar-refractivity contribution in [3.63, 3.8) is 0 Å². The van der Waals surface area contributed by atoms with Crippen LogP contribution in [-0.2, 0) is 13.2 Å². The second-order valence-corrected chi connectivity index (χ2v) is 8.96. The van der Waals surface area contributed by atoms with Crippen LogP contribution in [-0.4, -0.2) is 21.1 Å². The number of aromatic nitrogens is 3. The lowest BCUT2D eigenvalue weighted by Crippen LogP contribution is -2.11. The van der Waals surface area contributed by atoms with E-state index in [0.717, 1.165) is 62.6 Å². The molecule has 36 heavy (non-hydrogen) atoms. The van der Waals surface area contributed by atoms with Crippen LogP contribution in [0.25, 0.3) is 44.0 Å². The minimum absolute atomic E-state index is 0.216. The maximum Gasteiger partial charge on any atom is 0.275 e. The van der Waals surface area contributed by atoms with E-state index < -0.39 is 0 Å². The number of aryl methyl sites for hydroxylation is 1. The van der Waals surface area contributed by atoms with Crippen molar-refractivity contribution in [2.45, 2.75) is 19.6 Å². The van der Waals surface area contributed by atoms with Crippen molar-refractivity contribution in [1.29, 1.82) is 0 Å². The van der Waals surface area contributed by atoms with Gasteiger partial charge in [-0.2, -0.15) is 0 Å². The van der Waals surface area contributed by atoms with Crippen molar-refractivity contribution in [3.8, 4) is 17.0 Å². The molecule has 6 heteroatoms. The summed E-state index contributed by atoms with van der Waals surface area (Å²) < 4.78 is 8.24. The number of hydrogen-bond acceptors (Lipinski definition) is 4. The van der Waals surface area contributed by atoms with Crippen LogP contribution in [0.15, 0.2) is 95.9 Å². The van der Waals surface area contributed by atoms with Gasteiger partial charge in [0.05, 0.1) is 11.0 Å². The molecule has 0 aliphatic rings. The average Bonchev–Trinajstić information content (AvgIpc) is 3.27. The first-order valence-corrected chi connectivity index (χ1v) is 12.1. The van der Waals surface area contributed by atoms with Gasteiger partial charge < -0.3 is 20.0 Å². The molecule has 0 spiro atoms. The Hall–Kier alpha value is -4.42. The topological polar surface area (TPSA) is 85.9 Å². The Bertz CT molecular complexity index is 1750. The zero-order valence-corrected chi connectivity index (χ0v) is 19.8. The van der Waals surface area contributed by atoms with Crippen LogP contribution in [0, 0.1) is 0 Å². The highest BCUT2D eigenvalue weighted by atomic mass is 16.5. The van der Waals surface area contributed by atoms with Gasteiger partial charge in [-0.3, -0.25) is 4.79 Å². The van der Waals surface area contributed by atoms with E-state index in [0.29, 0.717) is 18.8 Å². The number of H-pyrrole nitrogens is 1. The standard InChI is InChI=1S/C30H26N4O2/c31-13-6-14-34-18-25(24-17-23(11-12-28(24)34)36-19-20-7-2-1-3-8-20)29-30(35)33-27-16-22-10-5-4-9-21(22)15-26(27)32-29/h1-5,7-12,15-18H,6,13-14,19,31H2,(H,33,35). The van der Waals surface area contributed by atoms with Gasteiger partial charge in [0, 0.05) is 29.2 Å². The highest BCUT2D eigenvalue weighted by Gasteiger charge is 2.17. The van der Waals surface area contributed by atoms with Crippen molar-refractivity contribution >= 4 is 32.7 Å². The highest BCUT2D eigenvalue weighted by Crippen LogP contribution is 2.32. The summed E-state index contributed by atoms with van der Waals surface area (Å²) in [5.74, 6) is 0.743. The summed E-state index contributed by atoms with van der Waals surface area (Å²) in [7, 11) is 0. The van der Waals surface area contributed by atoms with Gasteiger partial charge >= 0.3 is 0 Å². The van der Waals surface area contributed by atoms with E-state index >= 15 is 0 Å². The van der Waals surface area contributed by atoms with Crippen LogP contribution in [0.3, 0.4) is 0 Å². The van der Waals surface area contributed by atoms with Crippen LogP contribution in [0.2, 0.25) is 0 Å². The molecule has 0 unspecified atom stereocenters. The minimum atomic E-state index is -0.216. The third-order valence-electron chi connectivity index (χ3n) is 6.52. The van der Waals surface area contributed by atoms with Crippen molar-refractivity contribution in [1.82, 2.24) is 14.5 Å². The monoisotopic (exact) mass is 474 g/mol. The van der Waals surface area contributed by atoms with Crippen molar-refractivity contribution < 1.29 is 4.74 Å². The van der Waals surface area contributed by atoms with Gasteiger partial charge in [0.1, 0.15) is 18.1 Å². The van der Waals surface area contributed by atoms with Crippen LogP contribution < -0.4 is 16.0 Å². The summed E-state index contributed by atoms with van der Waals surface area (Å²) in [5, 5.41) is 3.07. The summed E-state index contributed by atoms with van der Waals surface area (Å²) in [4.78, 5) is 21.1. The SMILES string of the molecule is NCCCn1cc(-c2nc3cc4ccccc4cc3[nH]c2=O)c2cc(OCc3ccccc3)ccc21. The van der Waals surface area contributed by atoms with Crippen LogP contribution in [0.4, 0.5) is 0 Å². The van der Waals surface area contributed by atoms with E-state index in [1.807, 2.05) is 85.1 Å². The quantitative estimate of drug-likeness (QED) is 0.294. The molecule has 0 radical (unpaired) electrons. The number of benzene rings is 4. The number of fused-ring (bicyclic) bond motifs is 3. The van der Waals surface area contributed by atoms with Gasteiger partial charge in [0.2, 0.25) is 0 Å². The summed E-state index contributed by atoms with van der Waals surface area (Å²) in [5.41, 5.74) is 10.3. The van der Waals surface area contributed by atoms with Crippen molar-refractivity contribution in [2.24, 2.45) is 5.73 Å². The third kappa shape index (κ3) is 4.12. The molecule has 0 saturated heterocycles. The number of hydrogen-bond donors (Lipinski definition) is 2. The number of nitrogens with one attached hydrogen (secondary N) is 1.